The molecule has 0 radical (unpaired) electrons. The van der Waals surface area contributed by atoms with Gasteiger partial charge < -0.3 is 20.4 Å². The van der Waals surface area contributed by atoms with Crippen molar-refractivity contribution in [3.05, 3.63) is 11.1 Å². The average molecular weight is 240 g/mol. The molecule has 2 rings (SSSR count). The van der Waals surface area contributed by atoms with Gasteiger partial charge in [-0.15, -0.1) is 0 Å². The van der Waals surface area contributed by atoms with E-state index < -0.39 is 18.1 Å². The Hall–Kier alpha value is -1.40. The summed E-state index contributed by atoms with van der Waals surface area (Å²) < 4.78 is 0. The van der Waals surface area contributed by atoms with E-state index in [4.69, 9.17) is 5.11 Å². The SMILES string of the molecule is CC(C(=O)N1CC(O)CC1C(=O)O)=C1CNC1. The van der Waals surface area contributed by atoms with Crippen molar-refractivity contribution >= 4 is 11.9 Å². The first-order valence-corrected chi connectivity index (χ1v) is 5.62. The van der Waals surface area contributed by atoms with Gasteiger partial charge in [-0.3, -0.25) is 4.79 Å². The quantitative estimate of drug-likeness (QED) is 0.536. The molecule has 2 unspecified atom stereocenters. The number of likely N-dealkylation sites (tertiary alicyclic amines) is 1. The number of β-amino-alcohol motifs (C(OH)–C–C–N with tert-alkyl or cyclic N) is 1. The summed E-state index contributed by atoms with van der Waals surface area (Å²) in [6.45, 7) is 3.19. The zero-order valence-electron chi connectivity index (χ0n) is 9.64. The van der Waals surface area contributed by atoms with Gasteiger partial charge >= 0.3 is 5.97 Å². The average Bonchev–Trinajstić information content (AvgIpc) is 2.56. The van der Waals surface area contributed by atoms with Crippen molar-refractivity contribution in [3.63, 3.8) is 0 Å². The highest BCUT2D eigenvalue weighted by atomic mass is 16.4. The topological polar surface area (TPSA) is 89.9 Å². The molecule has 0 saturated carbocycles. The third kappa shape index (κ3) is 2.18. The van der Waals surface area contributed by atoms with Crippen LogP contribution in [0.25, 0.3) is 0 Å². The highest BCUT2D eigenvalue weighted by Crippen LogP contribution is 2.22. The van der Waals surface area contributed by atoms with Gasteiger partial charge in [0, 0.05) is 31.6 Å². The minimum atomic E-state index is -1.06. The molecular weight excluding hydrogens is 224 g/mol. The third-order valence-corrected chi connectivity index (χ3v) is 3.35. The number of carbonyl (C=O) groups is 2. The van der Waals surface area contributed by atoms with E-state index in [9.17, 15) is 14.7 Å². The van der Waals surface area contributed by atoms with Gasteiger partial charge in [0.1, 0.15) is 6.04 Å². The number of rotatable bonds is 2. The first-order valence-electron chi connectivity index (χ1n) is 5.62. The highest BCUT2D eigenvalue weighted by molar-refractivity contribution is 5.96. The van der Waals surface area contributed by atoms with Crippen molar-refractivity contribution in [3.8, 4) is 0 Å². The van der Waals surface area contributed by atoms with Gasteiger partial charge in [0.25, 0.3) is 0 Å². The van der Waals surface area contributed by atoms with Crippen molar-refractivity contribution in [2.24, 2.45) is 0 Å². The molecule has 0 aromatic rings. The zero-order valence-corrected chi connectivity index (χ0v) is 9.64. The van der Waals surface area contributed by atoms with Crippen LogP contribution in [0.2, 0.25) is 0 Å². The Balaban J connectivity index is 2.15. The van der Waals surface area contributed by atoms with Gasteiger partial charge in [-0.05, 0) is 12.5 Å². The highest BCUT2D eigenvalue weighted by Gasteiger charge is 2.39. The molecule has 0 bridgehead atoms. The maximum Gasteiger partial charge on any atom is 0.326 e. The lowest BCUT2D eigenvalue weighted by atomic mass is 10.0. The molecule has 2 heterocycles. The van der Waals surface area contributed by atoms with E-state index in [0.29, 0.717) is 18.7 Å². The van der Waals surface area contributed by atoms with Gasteiger partial charge in [-0.2, -0.15) is 0 Å². The third-order valence-electron chi connectivity index (χ3n) is 3.35. The number of nitrogens with one attached hydrogen (secondary N) is 1. The summed E-state index contributed by atoms with van der Waals surface area (Å²) in [5.74, 6) is -1.33. The summed E-state index contributed by atoms with van der Waals surface area (Å²) in [6.07, 6.45) is -0.626. The molecule has 2 saturated heterocycles. The van der Waals surface area contributed by atoms with Crippen LogP contribution < -0.4 is 5.32 Å². The molecule has 3 N–H and O–H groups in total. The predicted molar refractivity (Wildman–Crippen MR) is 59.3 cm³/mol. The van der Waals surface area contributed by atoms with Crippen LogP contribution in [0.4, 0.5) is 0 Å². The molecule has 17 heavy (non-hydrogen) atoms. The molecule has 94 valence electrons. The number of aliphatic carboxylic acids is 1. The second-order valence-corrected chi connectivity index (χ2v) is 4.53. The Labute approximate surface area is 98.9 Å². The summed E-state index contributed by atoms with van der Waals surface area (Å²) in [7, 11) is 0. The first-order chi connectivity index (χ1) is 8.00. The van der Waals surface area contributed by atoms with Gasteiger partial charge in [0.2, 0.25) is 5.91 Å². The van der Waals surface area contributed by atoms with E-state index in [1.54, 1.807) is 6.92 Å². The Morgan fingerprint density at radius 2 is 2.06 bits per heavy atom. The molecule has 6 heteroatoms. The molecule has 6 nitrogen and oxygen atoms in total. The van der Waals surface area contributed by atoms with E-state index in [1.807, 2.05) is 0 Å². The predicted octanol–water partition coefficient (Wildman–Crippen LogP) is -1.05. The van der Waals surface area contributed by atoms with E-state index in [-0.39, 0.29) is 18.9 Å². The van der Waals surface area contributed by atoms with Crippen LogP contribution >= 0.6 is 0 Å². The normalized spacial score (nSPS) is 27.9. The zero-order chi connectivity index (χ0) is 12.6. The van der Waals surface area contributed by atoms with Crippen molar-refractivity contribution in [2.75, 3.05) is 19.6 Å². The number of carboxylic acid groups (broad SMARTS) is 1. The van der Waals surface area contributed by atoms with E-state index in [1.165, 1.54) is 4.90 Å². The number of carbonyl (C=O) groups excluding carboxylic acids is 1. The lowest BCUT2D eigenvalue weighted by Gasteiger charge is -2.26. The van der Waals surface area contributed by atoms with Crippen molar-refractivity contribution < 1.29 is 19.8 Å². The molecule has 0 spiro atoms. The second-order valence-electron chi connectivity index (χ2n) is 4.53. The van der Waals surface area contributed by atoms with Gasteiger partial charge in [0.15, 0.2) is 0 Å². The van der Waals surface area contributed by atoms with Gasteiger partial charge in [-0.1, -0.05) is 0 Å². The largest absolute Gasteiger partial charge is 0.480 e. The van der Waals surface area contributed by atoms with Crippen molar-refractivity contribution in [2.45, 2.75) is 25.5 Å². The minimum absolute atomic E-state index is 0.105. The Morgan fingerprint density at radius 3 is 2.53 bits per heavy atom. The number of nitrogens with zero attached hydrogens (tertiary/aromatic N) is 1. The van der Waals surface area contributed by atoms with Crippen molar-refractivity contribution in [1.29, 1.82) is 0 Å². The van der Waals surface area contributed by atoms with Crippen LogP contribution in [0.3, 0.4) is 0 Å². The maximum absolute atomic E-state index is 12.1. The summed E-state index contributed by atoms with van der Waals surface area (Å²) >= 11 is 0. The van der Waals surface area contributed by atoms with Gasteiger partial charge in [0.05, 0.1) is 6.10 Å². The van der Waals surface area contributed by atoms with Crippen LogP contribution in [-0.4, -0.2) is 58.8 Å². The standard InChI is InChI=1S/C11H16N2O4/c1-6(7-3-12-4-7)10(15)13-5-8(14)2-9(13)11(16)17/h8-9,12,14H,2-5H2,1H3,(H,16,17). The fraction of sp³-hybridized carbons (Fsp3) is 0.636. The van der Waals surface area contributed by atoms with Crippen LogP contribution in [-0.2, 0) is 9.59 Å². The van der Waals surface area contributed by atoms with Crippen LogP contribution in [0.5, 0.6) is 0 Å². The monoisotopic (exact) mass is 240 g/mol. The molecule has 0 aromatic heterocycles. The lowest BCUT2D eigenvalue weighted by Crippen LogP contribution is -2.43. The van der Waals surface area contributed by atoms with E-state index in [0.717, 1.165) is 5.57 Å². The number of hydrogen-bond donors (Lipinski definition) is 3. The molecule has 2 atom stereocenters. The fourth-order valence-electron chi connectivity index (χ4n) is 2.15. The van der Waals surface area contributed by atoms with Gasteiger partial charge in [-0.25, -0.2) is 4.79 Å². The second kappa shape index (κ2) is 4.46. The van der Waals surface area contributed by atoms with Crippen LogP contribution in [0, 0.1) is 0 Å². The number of hydrogen-bond acceptors (Lipinski definition) is 4. The van der Waals surface area contributed by atoms with E-state index >= 15 is 0 Å². The van der Waals surface area contributed by atoms with Crippen LogP contribution in [0.1, 0.15) is 13.3 Å². The lowest BCUT2D eigenvalue weighted by molar-refractivity contribution is -0.146. The molecule has 2 fully saturated rings. The van der Waals surface area contributed by atoms with Crippen molar-refractivity contribution in [1.82, 2.24) is 10.2 Å². The summed E-state index contributed by atoms with van der Waals surface area (Å²) in [6, 6.07) is -0.902. The number of amides is 1. The first kappa shape index (κ1) is 12.1. The van der Waals surface area contributed by atoms with Crippen LogP contribution in [0.15, 0.2) is 11.1 Å². The number of carboxylic acids is 1. The molecule has 1 amide bonds. The number of aliphatic hydroxyl groups is 1. The molecule has 2 aliphatic rings. The summed E-state index contributed by atoms with van der Waals surface area (Å²) in [4.78, 5) is 24.4. The summed E-state index contributed by atoms with van der Waals surface area (Å²) in [5, 5.41) is 21.5. The Bertz CT molecular complexity index is 385. The Kier molecular flexibility index (Phi) is 3.17. The Morgan fingerprint density at radius 1 is 1.41 bits per heavy atom. The molecule has 0 aliphatic carbocycles. The maximum atomic E-state index is 12.1. The smallest absolute Gasteiger partial charge is 0.326 e. The summed E-state index contributed by atoms with van der Waals surface area (Å²) in [5.41, 5.74) is 1.62. The van der Waals surface area contributed by atoms with E-state index in [2.05, 4.69) is 5.32 Å². The molecule has 0 aromatic carbocycles. The number of aliphatic hydroxyl groups excluding tert-OH is 1. The molecular formula is C11H16N2O4. The minimum Gasteiger partial charge on any atom is -0.480 e. The molecule has 2 aliphatic heterocycles. The fourth-order valence-corrected chi connectivity index (χ4v) is 2.15.